The van der Waals surface area contributed by atoms with Gasteiger partial charge < -0.3 is 15.5 Å². The van der Waals surface area contributed by atoms with E-state index < -0.39 is 0 Å². The van der Waals surface area contributed by atoms with Gasteiger partial charge in [-0.15, -0.1) is 0 Å². The third-order valence-corrected chi connectivity index (χ3v) is 5.38. The van der Waals surface area contributed by atoms with Gasteiger partial charge in [-0.05, 0) is 37.8 Å². The van der Waals surface area contributed by atoms with E-state index >= 15 is 0 Å². The molecule has 1 saturated heterocycles. The Kier molecular flexibility index (Phi) is 6.31. The van der Waals surface area contributed by atoms with E-state index in [2.05, 4.69) is 10.6 Å². The number of para-hydroxylation sites is 1. The molecule has 1 saturated carbocycles. The maximum atomic E-state index is 13.0. The fourth-order valence-electron chi connectivity index (χ4n) is 4.03. The fourth-order valence-corrected chi connectivity index (χ4v) is 4.03. The van der Waals surface area contributed by atoms with Crippen molar-refractivity contribution in [2.45, 2.75) is 57.4 Å². The summed E-state index contributed by atoms with van der Waals surface area (Å²) in [6, 6.07) is 9.50. The minimum Gasteiger partial charge on any atom is -0.356 e. The molecule has 3 amide bonds. The number of rotatable bonds is 1. The first kappa shape index (κ1) is 17.8. The average molecular weight is 343 g/mol. The van der Waals surface area contributed by atoms with Gasteiger partial charge in [0.15, 0.2) is 0 Å². The molecule has 1 aromatic rings. The smallest absolute Gasteiger partial charge is 0.322 e. The standard InChI is InChI=1S/C20H29N3O2/c24-19-17-12-6-7-13-18(17)23(15-9-2-1-8-14-21-19)20(25)22-16-10-4-3-5-11-16/h3-5,10-11,17-18H,1-2,6-9,12-15H2,(H,21,24)(H,22,25)/t17-,18+/m1/s1. The number of hydrogen-bond donors (Lipinski definition) is 2. The normalized spacial score (nSPS) is 25.3. The zero-order chi connectivity index (χ0) is 17.5. The van der Waals surface area contributed by atoms with Crippen LogP contribution in [0.1, 0.15) is 51.4 Å². The predicted molar refractivity (Wildman–Crippen MR) is 99.4 cm³/mol. The first-order chi connectivity index (χ1) is 12.3. The van der Waals surface area contributed by atoms with E-state index in [-0.39, 0.29) is 23.9 Å². The summed E-state index contributed by atoms with van der Waals surface area (Å²) in [6.07, 6.45) is 8.18. The summed E-state index contributed by atoms with van der Waals surface area (Å²) in [4.78, 5) is 27.5. The maximum absolute atomic E-state index is 13.0. The van der Waals surface area contributed by atoms with Crippen LogP contribution < -0.4 is 10.6 Å². The molecule has 136 valence electrons. The van der Waals surface area contributed by atoms with Crippen LogP contribution in [0.25, 0.3) is 0 Å². The molecule has 1 heterocycles. The van der Waals surface area contributed by atoms with Gasteiger partial charge in [-0.2, -0.15) is 0 Å². The van der Waals surface area contributed by atoms with Gasteiger partial charge in [-0.3, -0.25) is 4.79 Å². The second-order valence-corrected chi connectivity index (χ2v) is 7.15. The molecular weight excluding hydrogens is 314 g/mol. The van der Waals surface area contributed by atoms with E-state index in [0.29, 0.717) is 0 Å². The number of hydrogen-bond acceptors (Lipinski definition) is 2. The van der Waals surface area contributed by atoms with Crippen molar-refractivity contribution >= 4 is 17.6 Å². The molecule has 1 aliphatic heterocycles. The fraction of sp³-hybridized carbons (Fsp3) is 0.600. The third-order valence-electron chi connectivity index (χ3n) is 5.38. The number of carbonyl (C=O) groups is 2. The lowest BCUT2D eigenvalue weighted by molar-refractivity contribution is -0.127. The van der Waals surface area contributed by atoms with Crippen molar-refractivity contribution in [2.24, 2.45) is 5.92 Å². The first-order valence-corrected chi connectivity index (χ1v) is 9.66. The van der Waals surface area contributed by atoms with Crippen molar-refractivity contribution in [3.05, 3.63) is 30.3 Å². The molecule has 3 rings (SSSR count). The van der Waals surface area contributed by atoms with Gasteiger partial charge in [-0.1, -0.05) is 43.9 Å². The van der Waals surface area contributed by atoms with Crippen LogP contribution >= 0.6 is 0 Å². The number of urea groups is 1. The molecule has 1 aromatic carbocycles. The molecule has 0 unspecified atom stereocenters. The summed E-state index contributed by atoms with van der Waals surface area (Å²) in [7, 11) is 0. The van der Waals surface area contributed by atoms with Crippen LogP contribution in [0.4, 0.5) is 10.5 Å². The summed E-state index contributed by atoms with van der Waals surface area (Å²) >= 11 is 0. The Morgan fingerprint density at radius 1 is 1.00 bits per heavy atom. The number of benzene rings is 1. The van der Waals surface area contributed by atoms with E-state index in [1.807, 2.05) is 35.2 Å². The predicted octanol–water partition coefficient (Wildman–Crippen LogP) is 3.77. The highest BCUT2D eigenvalue weighted by Crippen LogP contribution is 2.30. The molecule has 1 aliphatic carbocycles. The van der Waals surface area contributed by atoms with Crippen molar-refractivity contribution < 1.29 is 9.59 Å². The summed E-state index contributed by atoms with van der Waals surface area (Å²) in [5.74, 6) is 0.0532. The van der Waals surface area contributed by atoms with Crippen LogP contribution in [-0.2, 0) is 4.79 Å². The average Bonchev–Trinajstić information content (AvgIpc) is 2.67. The Labute approximate surface area is 150 Å². The van der Waals surface area contributed by atoms with Crippen molar-refractivity contribution in [3.8, 4) is 0 Å². The van der Waals surface area contributed by atoms with Gasteiger partial charge in [0.05, 0.1) is 5.92 Å². The lowest BCUT2D eigenvalue weighted by Crippen LogP contribution is -2.52. The lowest BCUT2D eigenvalue weighted by Gasteiger charge is -2.39. The topological polar surface area (TPSA) is 61.4 Å². The Morgan fingerprint density at radius 2 is 1.76 bits per heavy atom. The van der Waals surface area contributed by atoms with Gasteiger partial charge in [0.1, 0.15) is 0 Å². The summed E-state index contributed by atoms with van der Waals surface area (Å²) < 4.78 is 0. The molecule has 25 heavy (non-hydrogen) atoms. The van der Waals surface area contributed by atoms with Gasteiger partial charge >= 0.3 is 6.03 Å². The molecule has 5 heteroatoms. The van der Waals surface area contributed by atoms with Crippen LogP contribution in [0.5, 0.6) is 0 Å². The molecule has 2 atom stereocenters. The molecule has 0 radical (unpaired) electrons. The third kappa shape index (κ3) is 4.74. The van der Waals surface area contributed by atoms with Crippen LogP contribution in [-0.4, -0.2) is 36.0 Å². The van der Waals surface area contributed by atoms with Crippen LogP contribution in [0, 0.1) is 5.92 Å². The maximum Gasteiger partial charge on any atom is 0.322 e. The van der Waals surface area contributed by atoms with Gasteiger partial charge in [-0.25, -0.2) is 4.79 Å². The zero-order valence-electron chi connectivity index (χ0n) is 14.9. The van der Waals surface area contributed by atoms with Crippen LogP contribution in [0.3, 0.4) is 0 Å². The monoisotopic (exact) mass is 343 g/mol. The number of nitrogens with one attached hydrogen (secondary N) is 2. The molecular formula is C20H29N3O2. The molecule has 0 aromatic heterocycles. The molecule has 2 aliphatic rings. The largest absolute Gasteiger partial charge is 0.356 e. The van der Waals surface area contributed by atoms with Gasteiger partial charge in [0, 0.05) is 24.8 Å². The highest BCUT2D eigenvalue weighted by molar-refractivity contribution is 5.90. The van der Waals surface area contributed by atoms with Crippen molar-refractivity contribution in [2.75, 3.05) is 18.4 Å². The second-order valence-electron chi connectivity index (χ2n) is 7.15. The number of carbonyl (C=O) groups excluding carboxylic acids is 2. The number of nitrogens with zero attached hydrogens (tertiary/aromatic N) is 1. The summed E-state index contributed by atoms with van der Waals surface area (Å²) in [5.41, 5.74) is 0.804. The molecule has 2 fully saturated rings. The Balaban J connectivity index is 1.78. The summed E-state index contributed by atoms with van der Waals surface area (Å²) in [5, 5.41) is 6.11. The lowest BCUT2D eigenvalue weighted by atomic mass is 9.82. The van der Waals surface area contributed by atoms with Crippen molar-refractivity contribution in [1.29, 1.82) is 0 Å². The Morgan fingerprint density at radius 3 is 2.60 bits per heavy atom. The van der Waals surface area contributed by atoms with Crippen LogP contribution in [0.2, 0.25) is 0 Å². The quantitative estimate of drug-likeness (QED) is 0.815. The van der Waals surface area contributed by atoms with Crippen molar-refractivity contribution in [3.63, 3.8) is 0 Å². The highest BCUT2D eigenvalue weighted by atomic mass is 16.2. The van der Waals surface area contributed by atoms with E-state index in [0.717, 1.165) is 70.1 Å². The highest BCUT2D eigenvalue weighted by Gasteiger charge is 2.37. The second kappa shape index (κ2) is 8.88. The van der Waals surface area contributed by atoms with E-state index in [9.17, 15) is 9.59 Å². The summed E-state index contributed by atoms with van der Waals surface area (Å²) in [6.45, 7) is 1.49. The van der Waals surface area contributed by atoms with E-state index in [1.54, 1.807) is 0 Å². The Hall–Kier alpha value is -2.04. The zero-order valence-corrected chi connectivity index (χ0v) is 14.9. The van der Waals surface area contributed by atoms with Crippen LogP contribution in [0.15, 0.2) is 30.3 Å². The molecule has 0 spiro atoms. The van der Waals surface area contributed by atoms with Gasteiger partial charge in [0.2, 0.25) is 5.91 Å². The minimum absolute atomic E-state index is 0.00978. The van der Waals surface area contributed by atoms with Crippen molar-refractivity contribution in [1.82, 2.24) is 10.2 Å². The molecule has 5 nitrogen and oxygen atoms in total. The van der Waals surface area contributed by atoms with E-state index in [1.165, 1.54) is 0 Å². The number of anilines is 1. The van der Waals surface area contributed by atoms with Gasteiger partial charge in [0.25, 0.3) is 0 Å². The molecule has 2 N–H and O–H groups in total. The number of fused-ring (bicyclic) bond motifs is 1. The number of amides is 3. The minimum atomic E-state index is -0.0756. The SMILES string of the molecule is O=C1NCCCCCCN(C(=O)Nc2ccccc2)[C@H]2CCCC[C@@H]12. The molecule has 0 bridgehead atoms. The first-order valence-electron chi connectivity index (χ1n) is 9.66. The van der Waals surface area contributed by atoms with E-state index in [4.69, 9.17) is 0 Å². The Bertz CT molecular complexity index is 576.